The van der Waals surface area contributed by atoms with Crippen LogP contribution in [0.1, 0.15) is 39.5 Å². The van der Waals surface area contributed by atoms with Crippen LogP contribution < -0.4 is 21.3 Å². The first-order valence-corrected chi connectivity index (χ1v) is 8.50. The van der Waals surface area contributed by atoms with E-state index >= 15 is 0 Å². The van der Waals surface area contributed by atoms with Crippen molar-refractivity contribution < 1.29 is 39.0 Å². The third kappa shape index (κ3) is 25.1. The maximum absolute atomic E-state index is 10.9. The third-order valence-electron chi connectivity index (χ3n) is 2.77. The van der Waals surface area contributed by atoms with Crippen molar-refractivity contribution in [1.29, 1.82) is 0 Å². The van der Waals surface area contributed by atoms with Crippen LogP contribution in [0.2, 0.25) is 0 Å². The normalized spacial score (nSPS) is 9.21. The molecule has 0 aliphatic rings. The van der Waals surface area contributed by atoms with Gasteiger partial charge >= 0.3 is 11.9 Å². The fourth-order valence-electron chi connectivity index (χ4n) is 1.47. The van der Waals surface area contributed by atoms with E-state index in [0.29, 0.717) is 25.9 Å². The summed E-state index contributed by atoms with van der Waals surface area (Å²) in [4.78, 5) is 62.8. The van der Waals surface area contributed by atoms with Gasteiger partial charge in [0.1, 0.15) is 0 Å². The SMILES string of the molecule is CC(=O)NCC(=O)NCCCC(=O)O.CC(=O)NCC(=O)NCCCC(=O)O. The topological polar surface area (TPSA) is 191 Å². The summed E-state index contributed by atoms with van der Waals surface area (Å²) in [6, 6.07) is 0. The molecule has 0 radical (unpaired) electrons. The molecule has 12 nitrogen and oxygen atoms in total. The van der Waals surface area contributed by atoms with Gasteiger partial charge in [0.2, 0.25) is 23.6 Å². The predicted molar refractivity (Wildman–Crippen MR) is 97.1 cm³/mol. The second-order valence-electron chi connectivity index (χ2n) is 5.51. The Morgan fingerprint density at radius 1 is 0.607 bits per heavy atom. The van der Waals surface area contributed by atoms with Crippen LogP contribution in [0.4, 0.5) is 0 Å². The summed E-state index contributed by atoms with van der Waals surface area (Å²) in [7, 11) is 0. The van der Waals surface area contributed by atoms with E-state index in [1.807, 2.05) is 0 Å². The summed E-state index contributed by atoms with van der Waals surface area (Å²) < 4.78 is 0. The van der Waals surface area contributed by atoms with Crippen LogP contribution in [0.25, 0.3) is 0 Å². The number of nitrogens with one attached hydrogen (secondary N) is 4. The molecular weight excluding hydrogens is 376 g/mol. The van der Waals surface area contributed by atoms with Gasteiger partial charge in [-0.1, -0.05) is 0 Å². The number of hydrogen-bond donors (Lipinski definition) is 6. The van der Waals surface area contributed by atoms with Crippen molar-refractivity contribution in [3.05, 3.63) is 0 Å². The molecule has 0 aromatic carbocycles. The molecule has 0 aliphatic carbocycles. The summed E-state index contributed by atoms with van der Waals surface area (Å²) in [6.07, 6.45) is 0.836. The molecule has 0 heterocycles. The summed E-state index contributed by atoms with van der Waals surface area (Å²) in [5, 5.41) is 26.2. The van der Waals surface area contributed by atoms with E-state index in [9.17, 15) is 28.8 Å². The number of carboxylic acids is 2. The molecule has 28 heavy (non-hydrogen) atoms. The zero-order valence-electron chi connectivity index (χ0n) is 16.0. The maximum Gasteiger partial charge on any atom is 0.303 e. The number of carbonyl (C=O) groups is 6. The van der Waals surface area contributed by atoms with Crippen molar-refractivity contribution in [3.8, 4) is 0 Å². The van der Waals surface area contributed by atoms with E-state index < -0.39 is 11.9 Å². The minimum absolute atomic E-state index is 0.0282. The number of amides is 4. The molecule has 0 saturated carbocycles. The van der Waals surface area contributed by atoms with Crippen molar-refractivity contribution >= 4 is 35.6 Å². The molecule has 0 aliphatic heterocycles. The van der Waals surface area contributed by atoms with Crippen LogP contribution in [-0.4, -0.2) is 72.0 Å². The van der Waals surface area contributed by atoms with E-state index in [2.05, 4.69) is 21.3 Å². The van der Waals surface area contributed by atoms with E-state index in [-0.39, 0.29) is 49.6 Å². The second-order valence-corrected chi connectivity index (χ2v) is 5.51. The van der Waals surface area contributed by atoms with Crippen LogP contribution in [0.3, 0.4) is 0 Å². The molecular formula is C16H28N4O8. The molecule has 0 fully saturated rings. The Hall–Kier alpha value is -3.18. The van der Waals surface area contributed by atoms with Gasteiger partial charge in [0, 0.05) is 39.8 Å². The van der Waals surface area contributed by atoms with Gasteiger partial charge in [0.05, 0.1) is 13.1 Å². The van der Waals surface area contributed by atoms with Gasteiger partial charge in [0.15, 0.2) is 0 Å². The maximum atomic E-state index is 10.9. The average Bonchev–Trinajstić information content (AvgIpc) is 2.59. The highest BCUT2D eigenvalue weighted by molar-refractivity contribution is 5.84. The number of carboxylic acid groups (broad SMARTS) is 2. The lowest BCUT2D eigenvalue weighted by Crippen LogP contribution is -2.36. The first-order valence-electron chi connectivity index (χ1n) is 8.50. The molecule has 12 heteroatoms. The minimum atomic E-state index is -0.888. The standard InChI is InChI=1S/2C8H14N2O4/c2*1-6(11)10-5-7(12)9-4-2-3-8(13)14/h2*2-5H2,1H3,(H,9,12)(H,10,11)(H,13,14). The van der Waals surface area contributed by atoms with Gasteiger partial charge in [-0.05, 0) is 12.8 Å². The van der Waals surface area contributed by atoms with E-state index in [1.54, 1.807) is 0 Å². The van der Waals surface area contributed by atoms with Crippen LogP contribution >= 0.6 is 0 Å². The molecule has 0 atom stereocenters. The Bertz CT molecular complexity index is 503. The highest BCUT2D eigenvalue weighted by Crippen LogP contribution is 1.86. The largest absolute Gasteiger partial charge is 0.481 e. The van der Waals surface area contributed by atoms with Crippen molar-refractivity contribution in [2.24, 2.45) is 0 Å². The molecule has 4 amide bonds. The molecule has 0 saturated heterocycles. The molecule has 0 rings (SSSR count). The summed E-state index contributed by atoms with van der Waals surface area (Å²) in [5.41, 5.74) is 0. The quantitative estimate of drug-likeness (QED) is 0.205. The van der Waals surface area contributed by atoms with Gasteiger partial charge in [-0.3, -0.25) is 28.8 Å². The molecule has 0 bridgehead atoms. The smallest absolute Gasteiger partial charge is 0.303 e. The predicted octanol–water partition coefficient (Wildman–Crippen LogP) is -1.79. The van der Waals surface area contributed by atoms with E-state index in [1.165, 1.54) is 13.8 Å². The number of rotatable bonds is 12. The molecule has 6 N–H and O–H groups in total. The van der Waals surface area contributed by atoms with Crippen molar-refractivity contribution in [2.75, 3.05) is 26.2 Å². The van der Waals surface area contributed by atoms with Crippen LogP contribution in [-0.2, 0) is 28.8 Å². The Morgan fingerprint density at radius 2 is 0.929 bits per heavy atom. The van der Waals surface area contributed by atoms with Crippen molar-refractivity contribution in [1.82, 2.24) is 21.3 Å². The van der Waals surface area contributed by atoms with E-state index in [0.717, 1.165) is 0 Å². The fourth-order valence-corrected chi connectivity index (χ4v) is 1.47. The first-order chi connectivity index (χ1) is 13.0. The Labute approximate surface area is 162 Å². The van der Waals surface area contributed by atoms with Crippen molar-refractivity contribution in [2.45, 2.75) is 39.5 Å². The summed E-state index contributed by atoms with van der Waals surface area (Å²) in [6.45, 7) is 3.12. The molecule has 0 spiro atoms. The Balaban J connectivity index is 0. The van der Waals surface area contributed by atoms with Gasteiger partial charge in [-0.15, -0.1) is 0 Å². The number of aliphatic carboxylic acids is 2. The average molecular weight is 404 g/mol. The third-order valence-corrected chi connectivity index (χ3v) is 2.77. The van der Waals surface area contributed by atoms with Crippen LogP contribution in [0.5, 0.6) is 0 Å². The minimum Gasteiger partial charge on any atom is -0.481 e. The van der Waals surface area contributed by atoms with Gasteiger partial charge in [0.25, 0.3) is 0 Å². The van der Waals surface area contributed by atoms with Gasteiger partial charge in [-0.25, -0.2) is 0 Å². The van der Waals surface area contributed by atoms with Gasteiger partial charge in [-0.2, -0.15) is 0 Å². The lowest BCUT2D eigenvalue weighted by Gasteiger charge is -2.03. The zero-order valence-corrected chi connectivity index (χ0v) is 16.0. The molecule has 160 valence electrons. The Morgan fingerprint density at radius 3 is 1.18 bits per heavy atom. The van der Waals surface area contributed by atoms with Gasteiger partial charge < -0.3 is 31.5 Å². The summed E-state index contributed by atoms with van der Waals surface area (Å²) >= 11 is 0. The zero-order chi connectivity index (χ0) is 21.9. The fraction of sp³-hybridized carbons (Fsp3) is 0.625. The van der Waals surface area contributed by atoms with Crippen molar-refractivity contribution in [3.63, 3.8) is 0 Å². The summed E-state index contributed by atoms with van der Waals surface area (Å²) in [5.74, 6) is -2.95. The Kier molecular flexibility index (Phi) is 16.7. The molecule has 0 unspecified atom stereocenters. The van der Waals surface area contributed by atoms with Crippen LogP contribution in [0, 0.1) is 0 Å². The molecule has 0 aromatic rings. The first kappa shape index (κ1) is 27.0. The lowest BCUT2D eigenvalue weighted by molar-refractivity contribution is -0.138. The lowest BCUT2D eigenvalue weighted by atomic mass is 10.3. The van der Waals surface area contributed by atoms with E-state index in [4.69, 9.17) is 10.2 Å². The highest BCUT2D eigenvalue weighted by atomic mass is 16.4. The molecule has 0 aromatic heterocycles. The number of carbonyl (C=O) groups excluding carboxylic acids is 4. The highest BCUT2D eigenvalue weighted by Gasteiger charge is 2.02. The van der Waals surface area contributed by atoms with Crippen LogP contribution in [0.15, 0.2) is 0 Å². The number of hydrogen-bond acceptors (Lipinski definition) is 6. The second kappa shape index (κ2) is 17.2. The monoisotopic (exact) mass is 404 g/mol.